The van der Waals surface area contributed by atoms with Crippen LogP contribution in [0.4, 0.5) is 4.79 Å². The first-order valence-corrected chi connectivity index (χ1v) is 6.81. The molecule has 3 N–H and O–H groups in total. The Hall–Kier alpha value is -1.26. The zero-order chi connectivity index (χ0) is 13.2. The molecule has 0 heterocycles. The molecule has 2 aliphatic rings. The van der Waals surface area contributed by atoms with Crippen LogP contribution in [0.25, 0.3) is 0 Å². The van der Waals surface area contributed by atoms with Gasteiger partial charge < -0.3 is 15.7 Å². The first kappa shape index (κ1) is 13.2. The van der Waals surface area contributed by atoms with Gasteiger partial charge in [-0.05, 0) is 44.9 Å². The lowest BCUT2D eigenvalue weighted by molar-refractivity contribution is -0.139. The van der Waals surface area contributed by atoms with Crippen molar-refractivity contribution >= 4 is 12.0 Å². The summed E-state index contributed by atoms with van der Waals surface area (Å²) < 4.78 is 0. The molecule has 5 nitrogen and oxygen atoms in total. The van der Waals surface area contributed by atoms with Gasteiger partial charge in [-0.3, -0.25) is 4.79 Å². The Morgan fingerprint density at radius 2 is 2.00 bits per heavy atom. The molecule has 0 aliphatic heterocycles. The first-order chi connectivity index (χ1) is 8.51. The van der Waals surface area contributed by atoms with Gasteiger partial charge in [0, 0.05) is 6.04 Å². The van der Waals surface area contributed by atoms with E-state index >= 15 is 0 Å². The molecule has 1 atom stereocenters. The molecule has 2 fully saturated rings. The van der Waals surface area contributed by atoms with E-state index < -0.39 is 11.5 Å². The quantitative estimate of drug-likeness (QED) is 0.701. The highest BCUT2D eigenvalue weighted by atomic mass is 16.4. The van der Waals surface area contributed by atoms with Crippen molar-refractivity contribution in [3.05, 3.63) is 0 Å². The van der Waals surface area contributed by atoms with Crippen LogP contribution in [-0.4, -0.2) is 28.7 Å². The van der Waals surface area contributed by atoms with Crippen molar-refractivity contribution in [2.75, 3.05) is 0 Å². The van der Waals surface area contributed by atoms with E-state index in [1.807, 2.05) is 6.92 Å². The number of carbonyl (C=O) groups is 2. The lowest BCUT2D eigenvalue weighted by atomic mass is 9.74. The van der Waals surface area contributed by atoms with Crippen LogP contribution in [-0.2, 0) is 4.79 Å². The number of nitrogens with one attached hydrogen (secondary N) is 2. The SMILES string of the molecule is CC(NC(=O)NC1(CC(=O)O)CCC1)C1CCC1. The molecule has 1 unspecified atom stereocenters. The minimum absolute atomic E-state index is 0.0260. The Balaban J connectivity index is 1.80. The number of hydrogen-bond acceptors (Lipinski definition) is 2. The molecule has 2 saturated carbocycles. The van der Waals surface area contributed by atoms with Crippen molar-refractivity contribution in [1.82, 2.24) is 10.6 Å². The molecule has 0 aromatic rings. The lowest BCUT2D eigenvalue weighted by Crippen LogP contribution is -2.59. The standard InChI is InChI=1S/C13H22N2O3/c1-9(10-4-2-5-10)14-12(18)15-13(6-3-7-13)8-11(16)17/h9-10H,2-8H2,1H3,(H,16,17)(H2,14,15,18). The van der Waals surface area contributed by atoms with E-state index in [9.17, 15) is 9.59 Å². The fraction of sp³-hybridized carbons (Fsp3) is 0.846. The third kappa shape index (κ3) is 2.94. The van der Waals surface area contributed by atoms with Crippen molar-refractivity contribution in [2.24, 2.45) is 5.92 Å². The van der Waals surface area contributed by atoms with E-state index in [1.54, 1.807) is 0 Å². The van der Waals surface area contributed by atoms with Gasteiger partial charge >= 0.3 is 12.0 Å². The average Bonchev–Trinajstić information content (AvgIpc) is 2.09. The third-order valence-corrected chi connectivity index (χ3v) is 4.39. The number of carboxylic acid groups (broad SMARTS) is 1. The number of urea groups is 1. The highest BCUT2D eigenvalue weighted by molar-refractivity contribution is 5.77. The van der Waals surface area contributed by atoms with Gasteiger partial charge in [-0.2, -0.15) is 0 Å². The van der Waals surface area contributed by atoms with Crippen LogP contribution >= 0.6 is 0 Å². The molecule has 102 valence electrons. The van der Waals surface area contributed by atoms with Crippen LogP contribution in [0.2, 0.25) is 0 Å². The second-order valence-electron chi connectivity index (χ2n) is 5.78. The number of amides is 2. The van der Waals surface area contributed by atoms with Crippen LogP contribution in [0.3, 0.4) is 0 Å². The van der Waals surface area contributed by atoms with Gasteiger partial charge in [0.25, 0.3) is 0 Å². The summed E-state index contributed by atoms with van der Waals surface area (Å²) in [6, 6.07) is -0.0314. The Labute approximate surface area is 107 Å². The number of rotatable bonds is 5. The average molecular weight is 254 g/mol. The molecule has 0 aromatic heterocycles. The smallest absolute Gasteiger partial charge is 0.315 e. The van der Waals surface area contributed by atoms with E-state index in [4.69, 9.17) is 5.11 Å². The minimum Gasteiger partial charge on any atom is -0.481 e. The summed E-state index contributed by atoms with van der Waals surface area (Å²) in [4.78, 5) is 22.7. The number of carboxylic acids is 1. The molecule has 0 bridgehead atoms. The molecule has 2 rings (SSSR count). The minimum atomic E-state index is -0.845. The first-order valence-electron chi connectivity index (χ1n) is 6.81. The van der Waals surface area contributed by atoms with Crippen molar-refractivity contribution in [2.45, 2.75) is 63.5 Å². The summed E-state index contributed by atoms with van der Waals surface area (Å²) in [6.07, 6.45) is 6.17. The maximum Gasteiger partial charge on any atom is 0.315 e. The zero-order valence-electron chi connectivity index (χ0n) is 10.9. The second-order valence-corrected chi connectivity index (χ2v) is 5.78. The molecule has 18 heavy (non-hydrogen) atoms. The van der Waals surface area contributed by atoms with E-state index in [0.29, 0.717) is 5.92 Å². The van der Waals surface area contributed by atoms with Gasteiger partial charge in [-0.1, -0.05) is 6.42 Å². The number of carbonyl (C=O) groups excluding carboxylic acids is 1. The van der Waals surface area contributed by atoms with Crippen LogP contribution in [0.5, 0.6) is 0 Å². The van der Waals surface area contributed by atoms with Gasteiger partial charge in [0.05, 0.1) is 12.0 Å². The Bertz CT molecular complexity index is 335. The molecule has 0 saturated heterocycles. The zero-order valence-corrected chi connectivity index (χ0v) is 10.9. The van der Waals surface area contributed by atoms with Gasteiger partial charge in [-0.15, -0.1) is 0 Å². The van der Waals surface area contributed by atoms with Crippen LogP contribution < -0.4 is 10.6 Å². The number of aliphatic carboxylic acids is 1. The normalized spacial score (nSPS) is 23.4. The van der Waals surface area contributed by atoms with Crippen molar-refractivity contribution in [3.8, 4) is 0 Å². The van der Waals surface area contributed by atoms with Crippen LogP contribution in [0.1, 0.15) is 51.9 Å². The Morgan fingerprint density at radius 3 is 2.39 bits per heavy atom. The summed E-state index contributed by atoms with van der Waals surface area (Å²) >= 11 is 0. The van der Waals surface area contributed by atoms with Crippen LogP contribution in [0.15, 0.2) is 0 Å². The molecule has 5 heteroatoms. The molecule has 2 aliphatic carbocycles. The topological polar surface area (TPSA) is 78.4 Å². The highest BCUT2D eigenvalue weighted by Crippen LogP contribution is 2.35. The monoisotopic (exact) mass is 254 g/mol. The van der Waals surface area contributed by atoms with Crippen molar-refractivity contribution < 1.29 is 14.7 Å². The maximum atomic E-state index is 11.9. The molecule has 0 aromatic carbocycles. The van der Waals surface area contributed by atoms with Crippen molar-refractivity contribution in [1.29, 1.82) is 0 Å². The van der Waals surface area contributed by atoms with Crippen LogP contribution in [0, 0.1) is 5.92 Å². The van der Waals surface area contributed by atoms with E-state index in [0.717, 1.165) is 19.3 Å². The molecule has 0 spiro atoms. The summed E-state index contributed by atoms with van der Waals surface area (Å²) in [6.45, 7) is 2.02. The molecule has 0 radical (unpaired) electrons. The highest BCUT2D eigenvalue weighted by Gasteiger charge is 2.40. The van der Waals surface area contributed by atoms with E-state index in [-0.39, 0.29) is 18.5 Å². The fourth-order valence-electron chi connectivity index (χ4n) is 2.78. The van der Waals surface area contributed by atoms with Gasteiger partial charge in [-0.25, -0.2) is 4.79 Å². The Kier molecular flexibility index (Phi) is 3.78. The summed E-state index contributed by atoms with van der Waals surface area (Å²) in [5.41, 5.74) is -0.505. The molecular formula is C13H22N2O3. The summed E-state index contributed by atoms with van der Waals surface area (Å²) in [5.74, 6) is -0.255. The second kappa shape index (κ2) is 5.16. The van der Waals surface area contributed by atoms with Gasteiger partial charge in [0.15, 0.2) is 0 Å². The lowest BCUT2D eigenvalue weighted by Gasteiger charge is -2.42. The predicted molar refractivity (Wildman–Crippen MR) is 67.3 cm³/mol. The van der Waals surface area contributed by atoms with E-state index in [1.165, 1.54) is 19.3 Å². The van der Waals surface area contributed by atoms with Crippen molar-refractivity contribution in [3.63, 3.8) is 0 Å². The fourth-order valence-corrected chi connectivity index (χ4v) is 2.78. The summed E-state index contributed by atoms with van der Waals surface area (Å²) in [5, 5.41) is 14.7. The molecular weight excluding hydrogens is 232 g/mol. The largest absolute Gasteiger partial charge is 0.481 e. The molecule has 2 amide bonds. The number of hydrogen-bond donors (Lipinski definition) is 3. The summed E-state index contributed by atoms with van der Waals surface area (Å²) in [7, 11) is 0. The third-order valence-electron chi connectivity index (χ3n) is 4.39. The Morgan fingerprint density at radius 1 is 1.33 bits per heavy atom. The van der Waals surface area contributed by atoms with E-state index in [2.05, 4.69) is 10.6 Å². The van der Waals surface area contributed by atoms with Gasteiger partial charge in [0.2, 0.25) is 0 Å². The maximum absolute atomic E-state index is 11.9. The van der Waals surface area contributed by atoms with Gasteiger partial charge in [0.1, 0.15) is 0 Å². The predicted octanol–water partition coefficient (Wildman–Crippen LogP) is 1.87.